The Morgan fingerprint density at radius 1 is 1.10 bits per heavy atom. The van der Waals surface area contributed by atoms with Crippen LogP contribution in [-0.2, 0) is 22.7 Å². The molecular formula is C23H31ClN4O2. The first-order chi connectivity index (χ1) is 14.3. The van der Waals surface area contributed by atoms with E-state index in [0.29, 0.717) is 26.2 Å². The molecule has 2 aromatic carbocycles. The smallest absolute Gasteiger partial charge is 0.330 e. The van der Waals surface area contributed by atoms with Gasteiger partial charge in [-0.2, -0.15) is 0 Å². The van der Waals surface area contributed by atoms with Crippen LogP contribution in [-0.4, -0.2) is 37.2 Å². The van der Waals surface area contributed by atoms with E-state index in [2.05, 4.69) is 16.3 Å². The second-order valence-electron chi connectivity index (χ2n) is 8.50. The van der Waals surface area contributed by atoms with Crippen LogP contribution in [0.25, 0.3) is 0 Å². The first-order valence-corrected chi connectivity index (χ1v) is 10.7. The first-order valence-electron chi connectivity index (χ1n) is 10.3. The van der Waals surface area contributed by atoms with Crippen LogP contribution in [0.4, 0.5) is 11.4 Å². The number of carbonyl (C=O) groups is 1. The maximum absolute atomic E-state index is 12.1. The molecule has 0 aliphatic carbocycles. The molecule has 1 fully saturated rings. The van der Waals surface area contributed by atoms with Gasteiger partial charge < -0.3 is 20.8 Å². The van der Waals surface area contributed by atoms with Gasteiger partial charge >= 0.3 is 5.97 Å². The molecule has 3 rings (SSSR count). The molecule has 1 aliphatic heterocycles. The summed E-state index contributed by atoms with van der Waals surface area (Å²) >= 11 is 6.28. The molecule has 0 saturated carbocycles. The van der Waals surface area contributed by atoms with E-state index >= 15 is 0 Å². The van der Waals surface area contributed by atoms with Gasteiger partial charge in [-0.15, -0.1) is 5.06 Å². The predicted molar refractivity (Wildman–Crippen MR) is 122 cm³/mol. The van der Waals surface area contributed by atoms with Gasteiger partial charge in [0, 0.05) is 48.1 Å². The number of nitrogens with two attached hydrogens (primary N) is 1. The van der Waals surface area contributed by atoms with Crippen molar-refractivity contribution in [2.45, 2.75) is 33.9 Å². The zero-order valence-electron chi connectivity index (χ0n) is 18.0. The lowest BCUT2D eigenvalue weighted by atomic mass is 9.98. The molecule has 1 aliphatic rings. The Morgan fingerprint density at radius 2 is 1.80 bits per heavy atom. The van der Waals surface area contributed by atoms with E-state index in [0.717, 1.165) is 40.6 Å². The topological polar surface area (TPSA) is 70.8 Å². The van der Waals surface area contributed by atoms with Crippen LogP contribution >= 0.6 is 11.6 Å². The van der Waals surface area contributed by atoms with Crippen LogP contribution in [0, 0.1) is 5.41 Å². The van der Waals surface area contributed by atoms with Gasteiger partial charge in [0.05, 0.1) is 18.5 Å². The van der Waals surface area contributed by atoms with E-state index < -0.39 is 5.41 Å². The van der Waals surface area contributed by atoms with Crippen molar-refractivity contribution in [3.05, 3.63) is 58.6 Å². The zero-order valence-corrected chi connectivity index (χ0v) is 18.7. The van der Waals surface area contributed by atoms with Crippen molar-refractivity contribution in [1.82, 2.24) is 5.06 Å². The Bertz CT molecular complexity index is 874. The molecule has 162 valence electrons. The number of rotatable bonds is 6. The van der Waals surface area contributed by atoms with Crippen molar-refractivity contribution in [2.24, 2.45) is 11.1 Å². The highest BCUT2D eigenvalue weighted by Crippen LogP contribution is 2.29. The summed E-state index contributed by atoms with van der Waals surface area (Å²) in [5, 5.41) is 5.98. The first kappa shape index (κ1) is 22.4. The molecule has 0 unspecified atom stereocenters. The number of carbonyl (C=O) groups excluding carboxylic acids is 1. The molecule has 0 amide bonds. The molecule has 30 heavy (non-hydrogen) atoms. The minimum atomic E-state index is -0.508. The second-order valence-corrected chi connectivity index (χ2v) is 8.90. The number of benzene rings is 2. The van der Waals surface area contributed by atoms with Crippen molar-refractivity contribution in [3.63, 3.8) is 0 Å². The number of hydrogen-bond acceptors (Lipinski definition) is 6. The minimum Gasteiger partial charge on any atom is -0.381 e. The van der Waals surface area contributed by atoms with Gasteiger partial charge in [-0.05, 0) is 44.5 Å². The van der Waals surface area contributed by atoms with Crippen LogP contribution in [0.5, 0.6) is 0 Å². The Hall–Kier alpha value is -2.28. The van der Waals surface area contributed by atoms with Gasteiger partial charge in [0.2, 0.25) is 0 Å². The lowest BCUT2D eigenvalue weighted by Gasteiger charge is -2.37. The van der Waals surface area contributed by atoms with Crippen LogP contribution in [0.1, 0.15) is 31.9 Å². The Labute approximate surface area is 183 Å². The third kappa shape index (κ3) is 5.45. The van der Waals surface area contributed by atoms with Crippen molar-refractivity contribution in [2.75, 3.05) is 36.4 Å². The maximum atomic E-state index is 12.1. The van der Waals surface area contributed by atoms with Crippen molar-refractivity contribution < 1.29 is 9.63 Å². The van der Waals surface area contributed by atoms with E-state index in [-0.39, 0.29) is 5.97 Å². The van der Waals surface area contributed by atoms with Crippen LogP contribution in [0.15, 0.2) is 42.5 Å². The van der Waals surface area contributed by atoms with Crippen LogP contribution < -0.4 is 16.0 Å². The number of nitrogens with one attached hydrogen (secondary N) is 1. The lowest BCUT2D eigenvalue weighted by Crippen LogP contribution is -2.48. The number of hydroxylamine groups is 2. The highest BCUT2D eigenvalue weighted by Gasteiger charge is 2.28. The highest BCUT2D eigenvalue weighted by molar-refractivity contribution is 6.31. The number of nitrogens with zero attached hydrogens (tertiary/aromatic N) is 2. The molecule has 7 heteroatoms. The summed E-state index contributed by atoms with van der Waals surface area (Å²) < 4.78 is 0. The summed E-state index contributed by atoms with van der Waals surface area (Å²) in [7, 11) is 0. The molecular weight excluding hydrogens is 400 g/mol. The highest BCUT2D eigenvalue weighted by atomic mass is 35.5. The molecule has 2 aromatic rings. The van der Waals surface area contributed by atoms with Crippen molar-refractivity contribution >= 4 is 28.9 Å². The summed E-state index contributed by atoms with van der Waals surface area (Å²) in [6.45, 7) is 9.48. The van der Waals surface area contributed by atoms with Crippen molar-refractivity contribution in [3.8, 4) is 0 Å². The van der Waals surface area contributed by atoms with Crippen LogP contribution in [0.3, 0.4) is 0 Å². The van der Waals surface area contributed by atoms with E-state index in [1.165, 1.54) is 0 Å². The summed E-state index contributed by atoms with van der Waals surface area (Å²) in [5.74, 6) is -0.204. The van der Waals surface area contributed by atoms with Gasteiger partial charge in [-0.3, -0.25) is 0 Å². The lowest BCUT2D eigenvalue weighted by molar-refractivity contribution is -0.201. The normalized spacial score (nSPS) is 15.2. The van der Waals surface area contributed by atoms with Gasteiger partial charge in [0.1, 0.15) is 0 Å². The molecule has 6 nitrogen and oxygen atoms in total. The second kappa shape index (κ2) is 9.69. The van der Waals surface area contributed by atoms with E-state index in [4.69, 9.17) is 22.2 Å². The van der Waals surface area contributed by atoms with E-state index in [9.17, 15) is 4.79 Å². The SMILES string of the molecule is CC(C)(C)C(=O)ON1CCN(c2cccc(NCc3ccccc3Cl)c2CN)CC1. The molecule has 0 atom stereocenters. The average Bonchev–Trinajstić information content (AvgIpc) is 2.72. The summed E-state index contributed by atoms with van der Waals surface area (Å²) in [6, 6.07) is 14.0. The monoisotopic (exact) mass is 430 g/mol. The Balaban J connectivity index is 1.66. The fourth-order valence-electron chi connectivity index (χ4n) is 3.36. The molecule has 0 radical (unpaired) electrons. The van der Waals surface area contributed by atoms with Gasteiger partial charge in [0.25, 0.3) is 0 Å². The molecule has 3 N–H and O–H groups in total. The predicted octanol–water partition coefficient (Wildman–Crippen LogP) is 4.04. The minimum absolute atomic E-state index is 0.204. The number of piperazine rings is 1. The van der Waals surface area contributed by atoms with Gasteiger partial charge in [0.15, 0.2) is 0 Å². The van der Waals surface area contributed by atoms with Crippen molar-refractivity contribution in [1.29, 1.82) is 0 Å². The van der Waals surface area contributed by atoms with Gasteiger partial charge in [-0.1, -0.05) is 35.9 Å². The van der Waals surface area contributed by atoms with Crippen LogP contribution in [0.2, 0.25) is 5.02 Å². The summed E-state index contributed by atoms with van der Waals surface area (Å²) in [4.78, 5) is 20.0. The maximum Gasteiger partial charge on any atom is 0.330 e. The number of anilines is 2. The molecule has 0 aromatic heterocycles. The third-order valence-electron chi connectivity index (χ3n) is 5.19. The van der Waals surface area contributed by atoms with E-state index in [1.54, 1.807) is 5.06 Å². The fourth-order valence-corrected chi connectivity index (χ4v) is 3.56. The molecule has 1 heterocycles. The fraction of sp³-hybridized carbons (Fsp3) is 0.435. The largest absolute Gasteiger partial charge is 0.381 e. The number of halogens is 1. The quantitative estimate of drug-likeness (QED) is 0.720. The zero-order chi connectivity index (χ0) is 21.7. The third-order valence-corrected chi connectivity index (χ3v) is 5.55. The Kier molecular flexibility index (Phi) is 7.23. The molecule has 1 saturated heterocycles. The summed E-state index contributed by atoms with van der Waals surface area (Å²) in [6.07, 6.45) is 0. The van der Waals surface area contributed by atoms with E-state index in [1.807, 2.05) is 57.2 Å². The standard InChI is InChI=1S/C23H31ClN4O2/c1-23(2,3)22(29)30-28-13-11-27(12-14-28)21-10-6-9-20(18(21)15-25)26-16-17-7-4-5-8-19(17)24/h4-10,26H,11-16,25H2,1-3H3. The summed E-state index contributed by atoms with van der Waals surface area (Å²) in [5.41, 5.74) is 9.86. The van der Waals surface area contributed by atoms with Gasteiger partial charge in [-0.25, -0.2) is 4.79 Å². The molecule has 0 bridgehead atoms. The molecule has 0 spiro atoms. The Morgan fingerprint density at radius 3 is 2.43 bits per heavy atom. The average molecular weight is 431 g/mol. The number of hydrogen-bond donors (Lipinski definition) is 2.